The van der Waals surface area contributed by atoms with E-state index in [9.17, 15) is 0 Å². The first kappa shape index (κ1) is 7.42. The maximum atomic E-state index is 5.47. The molecule has 2 heteroatoms. The SMILES string of the molecule is CCCCOC1SC1C. The van der Waals surface area contributed by atoms with Crippen LogP contribution in [0.2, 0.25) is 0 Å². The molecule has 0 N–H and O–H groups in total. The van der Waals surface area contributed by atoms with Gasteiger partial charge in [0, 0.05) is 11.9 Å². The van der Waals surface area contributed by atoms with E-state index < -0.39 is 0 Å². The molecule has 0 aromatic heterocycles. The Morgan fingerprint density at radius 1 is 1.56 bits per heavy atom. The van der Waals surface area contributed by atoms with Crippen LogP contribution in [-0.2, 0) is 4.74 Å². The van der Waals surface area contributed by atoms with E-state index in [2.05, 4.69) is 13.8 Å². The topological polar surface area (TPSA) is 9.23 Å². The zero-order chi connectivity index (χ0) is 6.69. The van der Waals surface area contributed by atoms with Gasteiger partial charge in [0.2, 0.25) is 0 Å². The van der Waals surface area contributed by atoms with Gasteiger partial charge in [-0.15, -0.1) is 11.8 Å². The summed E-state index contributed by atoms with van der Waals surface area (Å²) < 4.78 is 5.47. The number of hydrogen-bond donors (Lipinski definition) is 0. The summed E-state index contributed by atoms with van der Waals surface area (Å²) in [5.41, 5.74) is 0.538. The molecule has 0 aromatic carbocycles. The van der Waals surface area contributed by atoms with Crippen LogP contribution in [0.5, 0.6) is 0 Å². The number of unbranched alkanes of at least 4 members (excludes halogenated alkanes) is 1. The van der Waals surface area contributed by atoms with Crippen molar-refractivity contribution in [2.45, 2.75) is 37.4 Å². The van der Waals surface area contributed by atoms with E-state index in [1.54, 1.807) is 0 Å². The summed E-state index contributed by atoms with van der Waals surface area (Å²) in [6, 6.07) is 0. The predicted molar refractivity (Wildman–Crippen MR) is 41.7 cm³/mol. The highest BCUT2D eigenvalue weighted by atomic mass is 32.2. The molecule has 1 nitrogen and oxygen atoms in total. The summed E-state index contributed by atoms with van der Waals surface area (Å²) >= 11 is 1.92. The molecule has 1 aliphatic rings. The van der Waals surface area contributed by atoms with Gasteiger partial charge in [-0.3, -0.25) is 0 Å². The van der Waals surface area contributed by atoms with E-state index in [-0.39, 0.29) is 0 Å². The molecule has 0 aliphatic carbocycles. The predicted octanol–water partition coefficient (Wildman–Crippen LogP) is 2.26. The highest BCUT2D eigenvalue weighted by molar-refractivity contribution is 8.07. The van der Waals surface area contributed by atoms with Crippen molar-refractivity contribution in [3.05, 3.63) is 0 Å². The largest absolute Gasteiger partial charge is 0.366 e. The van der Waals surface area contributed by atoms with Gasteiger partial charge >= 0.3 is 0 Å². The maximum absolute atomic E-state index is 5.47. The molecule has 0 bridgehead atoms. The maximum Gasteiger partial charge on any atom is 0.115 e. The first-order valence-corrected chi connectivity index (χ1v) is 4.56. The third-order valence-electron chi connectivity index (χ3n) is 1.44. The zero-order valence-corrected chi connectivity index (χ0v) is 6.91. The average Bonchev–Trinajstić information content (AvgIpc) is 2.48. The minimum Gasteiger partial charge on any atom is -0.366 e. The van der Waals surface area contributed by atoms with Crippen molar-refractivity contribution >= 4 is 11.8 Å². The van der Waals surface area contributed by atoms with Crippen molar-refractivity contribution in [3.8, 4) is 0 Å². The van der Waals surface area contributed by atoms with Crippen LogP contribution < -0.4 is 0 Å². The van der Waals surface area contributed by atoms with Gasteiger partial charge in [-0.2, -0.15) is 0 Å². The Morgan fingerprint density at radius 2 is 2.22 bits per heavy atom. The van der Waals surface area contributed by atoms with Crippen LogP contribution in [-0.4, -0.2) is 17.3 Å². The van der Waals surface area contributed by atoms with Crippen molar-refractivity contribution in [3.63, 3.8) is 0 Å². The number of hydrogen-bond acceptors (Lipinski definition) is 2. The lowest BCUT2D eigenvalue weighted by atomic mass is 10.4. The molecule has 0 aromatic rings. The molecule has 2 unspecified atom stereocenters. The Balaban J connectivity index is 1.83. The monoisotopic (exact) mass is 146 g/mol. The van der Waals surface area contributed by atoms with Gasteiger partial charge in [0.15, 0.2) is 0 Å². The van der Waals surface area contributed by atoms with E-state index in [0.717, 1.165) is 11.9 Å². The van der Waals surface area contributed by atoms with E-state index in [1.165, 1.54) is 12.8 Å². The molecule has 54 valence electrons. The van der Waals surface area contributed by atoms with E-state index in [1.807, 2.05) is 11.8 Å². The number of rotatable bonds is 4. The summed E-state index contributed by atoms with van der Waals surface area (Å²) in [6.07, 6.45) is 2.45. The van der Waals surface area contributed by atoms with Gasteiger partial charge in [0.1, 0.15) is 5.44 Å². The fraction of sp³-hybridized carbons (Fsp3) is 1.00. The molecule has 1 aliphatic heterocycles. The molecule has 9 heavy (non-hydrogen) atoms. The van der Waals surface area contributed by atoms with Gasteiger partial charge in [-0.1, -0.05) is 13.3 Å². The molecule has 1 heterocycles. The molecular weight excluding hydrogens is 132 g/mol. The summed E-state index contributed by atoms with van der Waals surface area (Å²) in [6.45, 7) is 5.35. The average molecular weight is 146 g/mol. The van der Waals surface area contributed by atoms with Gasteiger partial charge in [0.05, 0.1) is 0 Å². The van der Waals surface area contributed by atoms with Crippen LogP contribution in [0.1, 0.15) is 26.7 Å². The number of ether oxygens (including phenoxy) is 1. The molecule has 0 amide bonds. The molecule has 1 saturated heterocycles. The van der Waals surface area contributed by atoms with E-state index in [0.29, 0.717) is 5.44 Å². The number of thioether (sulfide) groups is 1. The Morgan fingerprint density at radius 3 is 2.67 bits per heavy atom. The second-order valence-electron chi connectivity index (χ2n) is 2.43. The van der Waals surface area contributed by atoms with Gasteiger partial charge in [-0.25, -0.2) is 0 Å². The third-order valence-corrected chi connectivity index (χ3v) is 2.61. The fourth-order valence-corrected chi connectivity index (χ4v) is 1.27. The summed E-state index contributed by atoms with van der Waals surface area (Å²) in [4.78, 5) is 0. The quantitative estimate of drug-likeness (QED) is 0.444. The Labute approximate surface area is 61.2 Å². The van der Waals surface area contributed by atoms with Crippen LogP contribution in [0.3, 0.4) is 0 Å². The normalized spacial score (nSPS) is 32.7. The van der Waals surface area contributed by atoms with Crippen molar-refractivity contribution < 1.29 is 4.74 Å². The van der Waals surface area contributed by atoms with Gasteiger partial charge < -0.3 is 4.74 Å². The Hall–Kier alpha value is 0.310. The third kappa shape index (κ3) is 2.59. The van der Waals surface area contributed by atoms with E-state index >= 15 is 0 Å². The van der Waals surface area contributed by atoms with Gasteiger partial charge in [-0.05, 0) is 13.3 Å². The van der Waals surface area contributed by atoms with Crippen LogP contribution in [0, 0.1) is 0 Å². The minimum absolute atomic E-state index is 0.538. The molecule has 1 fully saturated rings. The molecule has 0 radical (unpaired) electrons. The lowest BCUT2D eigenvalue weighted by Gasteiger charge is -1.97. The molecule has 1 rings (SSSR count). The summed E-state index contributed by atoms with van der Waals surface area (Å²) in [5.74, 6) is 0. The molecule has 0 spiro atoms. The lowest BCUT2D eigenvalue weighted by Crippen LogP contribution is -1.98. The Kier molecular flexibility index (Phi) is 2.86. The van der Waals surface area contributed by atoms with Crippen molar-refractivity contribution in [1.82, 2.24) is 0 Å². The fourth-order valence-electron chi connectivity index (χ4n) is 0.685. The highest BCUT2D eigenvalue weighted by Crippen LogP contribution is 2.41. The lowest BCUT2D eigenvalue weighted by molar-refractivity contribution is 0.130. The second kappa shape index (κ2) is 3.47. The van der Waals surface area contributed by atoms with E-state index in [4.69, 9.17) is 4.74 Å². The van der Waals surface area contributed by atoms with Crippen molar-refractivity contribution in [2.75, 3.05) is 6.61 Å². The Bertz CT molecular complexity index is 85.0. The minimum atomic E-state index is 0.538. The van der Waals surface area contributed by atoms with Crippen molar-refractivity contribution in [2.24, 2.45) is 0 Å². The standard InChI is InChI=1S/C7H14OS/c1-3-4-5-8-7-6(2)9-7/h6-7H,3-5H2,1-2H3. The first-order chi connectivity index (χ1) is 4.34. The second-order valence-corrected chi connectivity index (χ2v) is 3.91. The summed E-state index contributed by atoms with van der Waals surface area (Å²) in [5, 5.41) is 0.766. The van der Waals surface area contributed by atoms with Crippen LogP contribution >= 0.6 is 11.8 Å². The molecule has 0 saturated carbocycles. The molecule has 2 atom stereocenters. The first-order valence-electron chi connectivity index (χ1n) is 3.61. The van der Waals surface area contributed by atoms with Crippen LogP contribution in [0.15, 0.2) is 0 Å². The molecular formula is C7H14OS. The van der Waals surface area contributed by atoms with Crippen LogP contribution in [0.4, 0.5) is 0 Å². The van der Waals surface area contributed by atoms with Gasteiger partial charge in [0.25, 0.3) is 0 Å². The van der Waals surface area contributed by atoms with Crippen LogP contribution in [0.25, 0.3) is 0 Å². The van der Waals surface area contributed by atoms with Crippen molar-refractivity contribution in [1.29, 1.82) is 0 Å². The smallest absolute Gasteiger partial charge is 0.115 e. The summed E-state index contributed by atoms with van der Waals surface area (Å²) in [7, 11) is 0. The zero-order valence-electron chi connectivity index (χ0n) is 6.09. The highest BCUT2D eigenvalue weighted by Gasteiger charge is 2.34.